The molecule has 1 aliphatic rings. The fraction of sp³-hybridized carbons (Fsp3) is 0.238. The summed E-state index contributed by atoms with van der Waals surface area (Å²) in [5.74, 6) is 0.874. The van der Waals surface area contributed by atoms with Gasteiger partial charge in [0.05, 0.1) is 18.7 Å². The molecular formula is C21H20ClN3O2. The van der Waals surface area contributed by atoms with Crippen molar-refractivity contribution in [2.75, 3.05) is 13.2 Å². The van der Waals surface area contributed by atoms with E-state index in [-0.39, 0.29) is 5.91 Å². The Hall–Kier alpha value is -2.79. The third kappa shape index (κ3) is 3.98. The molecule has 1 aliphatic heterocycles. The zero-order chi connectivity index (χ0) is 18.6. The molecule has 0 fully saturated rings. The number of H-pyrrole nitrogens is 1. The van der Waals surface area contributed by atoms with Crippen molar-refractivity contribution < 1.29 is 9.53 Å². The second-order valence-corrected chi connectivity index (χ2v) is 6.95. The average Bonchev–Trinajstić information content (AvgIpc) is 3.12. The normalized spacial score (nSPS) is 13.3. The first-order valence-electron chi connectivity index (χ1n) is 8.98. The first-order valence-corrected chi connectivity index (χ1v) is 9.36. The lowest BCUT2D eigenvalue weighted by Crippen LogP contribution is -2.36. The standard InChI is InChI=1S/C21H20ClN3O2/c22-16-6-4-5-15(13-16)21-18-14-25(11-9-19(18)23-24-21)20(26)10-12-27-17-7-2-1-3-8-17/h1-8,13H,9-12,14H2,(H,23,24). The van der Waals surface area contributed by atoms with Gasteiger partial charge in [0.25, 0.3) is 0 Å². The highest BCUT2D eigenvalue weighted by Crippen LogP contribution is 2.30. The molecule has 1 aromatic heterocycles. The fourth-order valence-corrected chi connectivity index (χ4v) is 3.50. The Labute approximate surface area is 162 Å². The highest BCUT2D eigenvalue weighted by atomic mass is 35.5. The first kappa shape index (κ1) is 17.6. The van der Waals surface area contributed by atoms with Crippen molar-refractivity contribution in [2.45, 2.75) is 19.4 Å². The van der Waals surface area contributed by atoms with E-state index in [0.29, 0.717) is 31.1 Å². The van der Waals surface area contributed by atoms with Gasteiger partial charge in [-0.25, -0.2) is 0 Å². The molecule has 2 heterocycles. The number of benzene rings is 2. The van der Waals surface area contributed by atoms with Gasteiger partial charge < -0.3 is 9.64 Å². The fourth-order valence-electron chi connectivity index (χ4n) is 3.31. The van der Waals surface area contributed by atoms with Crippen LogP contribution in [0.5, 0.6) is 5.75 Å². The van der Waals surface area contributed by atoms with Gasteiger partial charge in [0.1, 0.15) is 5.75 Å². The van der Waals surface area contributed by atoms with Crippen LogP contribution in [-0.4, -0.2) is 34.2 Å². The number of hydrogen-bond donors (Lipinski definition) is 1. The van der Waals surface area contributed by atoms with Crippen LogP contribution >= 0.6 is 11.6 Å². The Morgan fingerprint density at radius 1 is 1.19 bits per heavy atom. The summed E-state index contributed by atoms with van der Waals surface area (Å²) >= 11 is 6.12. The molecule has 3 aromatic rings. The second-order valence-electron chi connectivity index (χ2n) is 6.52. The molecule has 0 saturated carbocycles. The minimum absolute atomic E-state index is 0.0924. The van der Waals surface area contributed by atoms with Gasteiger partial charge in [-0.15, -0.1) is 0 Å². The molecule has 0 aliphatic carbocycles. The van der Waals surface area contributed by atoms with Gasteiger partial charge in [-0.1, -0.05) is 41.9 Å². The summed E-state index contributed by atoms with van der Waals surface area (Å²) in [6.07, 6.45) is 1.13. The summed E-state index contributed by atoms with van der Waals surface area (Å²) in [5, 5.41) is 8.24. The van der Waals surface area contributed by atoms with Gasteiger partial charge in [-0.2, -0.15) is 5.10 Å². The van der Waals surface area contributed by atoms with Crippen LogP contribution in [0.2, 0.25) is 5.02 Å². The molecule has 0 unspecified atom stereocenters. The summed E-state index contributed by atoms with van der Waals surface area (Å²) in [6.45, 7) is 1.62. The SMILES string of the molecule is O=C(CCOc1ccccc1)N1CCc2[nH]nc(-c3cccc(Cl)c3)c2C1. The molecule has 1 N–H and O–H groups in total. The number of carbonyl (C=O) groups is 1. The molecule has 0 bridgehead atoms. The third-order valence-corrected chi connectivity index (χ3v) is 4.95. The van der Waals surface area contributed by atoms with Gasteiger partial charge in [0.2, 0.25) is 5.91 Å². The Kier molecular flexibility index (Phi) is 5.12. The lowest BCUT2D eigenvalue weighted by atomic mass is 10.0. The molecule has 0 atom stereocenters. The highest BCUT2D eigenvalue weighted by Gasteiger charge is 2.25. The summed E-state index contributed by atoms with van der Waals surface area (Å²) in [6, 6.07) is 17.2. The quantitative estimate of drug-likeness (QED) is 0.724. The molecular weight excluding hydrogens is 362 g/mol. The molecule has 138 valence electrons. The van der Waals surface area contributed by atoms with E-state index in [1.807, 2.05) is 59.5 Å². The number of aromatic nitrogens is 2. The number of nitrogens with one attached hydrogen (secondary N) is 1. The van der Waals surface area contributed by atoms with E-state index < -0.39 is 0 Å². The van der Waals surface area contributed by atoms with Crippen LogP contribution in [0.3, 0.4) is 0 Å². The molecule has 0 radical (unpaired) electrons. The van der Waals surface area contributed by atoms with Crippen molar-refractivity contribution in [3.8, 4) is 17.0 Å². The second kappa shape index (κ2) is 7.84. The van der Waals surface area contributed by atoms with Gasteiger partial charge in [0.15, 0.2) is 0 Å². The molecule has 6 heteroatoms. The van der Waals surface area contributed by atoms with Crippen LogP contribution < -0.4 is 4.74 Å². The van der Waals surface area contributed by atoms with Crippen LogP contribution in [-0.2, 0) is 17.8 Å². The largest absolute Gasteiger partial charge is 0.493 e. The maximum Gasteiger partial charge on any atom is 0.226 e. The molecule has 27 heavy (non-hydrogen) atoms. The minimum atomic E-state index is 0.0924. The van der Waals surface area contributed by atoms with Crippen LogP contribution in [0, 0.1) is 0 Å². The van der Waals surface area contributed by atoms with Crippen molar-refractivity contribution >= 4 is 17.5 Å². The molecule has 0 saturated heterocycles. The number of hydrogen-bond acceptors (Lipinski definition) is 3. The monoisotopic (exact) mass is 381 g/mol. The molecule has 4 rings (SSSR count). The number of rotatable bonds is 5. The van der Waals surface area contributed by atoms with Crippen molar-refractivity contribution in [3.63, 3.8) is 0 Å². The highest BCUT2D eigenvalue weighted by molar-refractivity contribution is 6.30. The van der Waals surface area contributed by atoms with Gasteiger partial charge >= 0.3 is 0 Å². The van der Waals surface area contributed by atoms with Crippen molar-refractivity contribution in [2.24, 2.45) is 0 Å². The summed E-state index contributed by atoms with van der Waals surface area (Å²) in [5.41, 5.74) is 3.99. The minimum Gasteiger partial charge on any atom is -0.493 e. The van der Waals surface area contributed by atoms with Crippen molar-refractivity contribution in [3.05, 3.63) is 70.9 Å². The zero-order valence-corrected chi connectivity index (χ0v) is 15.6. The van der Waals surface area contributed by atoms with Crippen molar-refractivity contribution in [1.82, 2.24) is 15.1 Å². The Morgan fingerprint density at radius 3 is 2.85 bits per heavy atom. The summed E-state index contributed by atoms with van der Waals surface area (Å²) in [7, 11) is 0. The Balaban J connectivity index is 1.42. The topological polar surface area (TPSA) is 58.2 Å². The van der Waals surface area contributed by atoms with Crippen molar-refractivity contribution in [1.29, 1.82) is 0 Å². The van der Waals surface area contributed by atoms with E-state index >= 15 is 0 Å². The van der Waals surface area contributed by atoms with E-state index in [1.165, 1.54) is 0 Å². The predicted octanol–water partition coefficient (Wildman–Crippen LogP) is 4.08. The smallest absolute Gasteiger partial charge is 0.226 e. The first-order chi connectivity index (χ1) is 13.2. The third-order valence-electron chi connectivity index (χ3n) is 4.71. The molecule has 5 nitrogen and oxygen atoms in total. The average molecular weight is 382 g/mol. The summed E-state index contributed by atoms with van der Waals surface area (Å²) < 4.78 is 5.65. The Bertz CT molecular complexity index is 940. The van der Waals surface area contributed by atoms with E-state index in [4.69, 9.17) is 16.3 Å². The number of carbonyl (C=O) groups excluding carboxylic acids is 1. The van der Waals surface area contributed by atoms with Crippen LogP contribution in [0.4, 0.5) is 0 Å². The number of amides is 1. The Morgan fingerprint density at radius 2 is 2.04 bits per heavy atom. The molecule has 1 amide bonds. The van der Waals surface area contributed by atoms with Crippen LogP contribution in [0.25, 0.3) is 11.3 Å². The molecule has 2 aromatic carbocycles. The van der Waals surface area contributed by atoms with Gasteiger partial charge in [0, 0.05) is 41.4 Å². The molecule has 0 spiro atoms. The zero-order valence-electron chi connectivity index (χ0n) is 14.8. The van der Waals surface area contributed by atoms with E-state index in [2.05, 4.69) is 10.2 Å². The number of nitrogens with zero attached hydrogens (tertiary/aromatic N) is 2. The maximum atomic E-state index is 12.6. The predicted molar refractivity (Wildman–Crippen MR) is 105 cm³/mol. The number of ether oxygens (including phenoxy) is 1. The number of aromatic amines is 1. The lowest BCUT2D eigenvalue weighted by Gasteiger charge is -2.27. The van der Waals surface area contributed by atoms with E-state index in [0.717, 1.165) is 34.7 Å². The number of para-hydroxylation sites is 1. The van der Waals surface area contributed by atoms with Crippen LogP contribution in [0.1, 0.15) is 17.7 Å². The van der Waals surface area contributed by atoms with E-state index in [9.17, 15) is 4.79 Å². The number of halogens is 1. The number of fused-ring (bicyclic) bond motifs is 1. The van der Waals surface area contributed by atoms with Gasteiger partial charge in [-0.3, -0.25) is 9.89 Å². The van der Waals surface area contributed by atoms with E-state index in [1.54, 1.807) is 0 Å². The maximum absolute atomic E-state index is 12.6. The van der Waals surface area contributed by atoms with Crippen LogP contribution in [0.15, 0.2) is 54.6 Å². The summed E-state index contributed by atoms with van der Waals surface area (Å²) in [4.78, 5) is 14.5. The lowest BCUT2D eigenvalue weighted by molar-refractivity contribution is -0.132. The van der Waals surface area contributed by atoms with Gasteiger partial charge in [-0.05, 0) is 24.3 Å².